The molecule has 3 heteroatoms. The molecular formula is C12H22N2O. The summed E-state index contributed by atoms with van der Waals surface area (Å²) in [6.45, 7) is 2.92. The summed E-state index contributed by atoms with van der Waals surface area (Å²) in [7, 11) is 1.96. The van der Waals surface area contributed by atoms with E-state index in [9.17, 15) is 4.79 Å². The van der Waals surface area contributed by atoms with Crippen molar-refractivity contribution in [1.29, 1.82) is 0 Å². The van der Waals surface area contributed by atoms with Gasteiger partial charge in [-0.15, -0.1) is 0 Å². The van der Waals surface area contributed by atoms with Crippen molar-refractivity contribution in [2.24, 2.45) is 11.8 Å². The number of rotatable bonds is 4. The number of carbonyl (C=O) groups excluding carboxylic acids is 1. The normalized spacial score (nSPS) is 26.3. The molecule has 0 aromatic rings. The van der Waals surface area contributed by atoms with E-state index < -0.39 is 0 Å². The van der Waals surface area contributed by atoms with Crippen molar-refractivity contribution in [3.05, 3.63) is 0 Å². The number of carbonyl (C=O) groups is 1. The van der Waals surface area contributed by atoms with E-state index in [0.29, 0.717) is 5.91 Å². The summed E-state index contributed by atoms with van der Waals surface area (Å²) in [5.74, 6) is 1.51. The van der Waals surface area contributed by atoms with Gasteiger partial charge in [-0.3, -0.25) is 4.79 Å². The summed E-state index contributed by atoms with van der Waals surface area (Å²) in [4.78, 5) is 14.0. The molecule has 1 saturated carbocycles. The summed E-state index contributed by atoms with van der Waals surface area (Å²) in [6, 6.07) is 0. The molecule has 1 atom stereocenters. The van der Waals surface area contributed by atoms with Gasteiger partial charge in [-0.2, -0.15) is 0 Å². The molecule has 1 N–H and O–H groups in total. The molecule has 1 amide bonds. The highest BCUT2D eigenvalue weighted by Crippen LogP contribution is 2.32. The molecular weight excluding hydrogens is 188 g/mol. The van der Waals surface area contributed by atoms with Gasteiger partial charge in [-0.05, 0) is 31.7 Å². The topological polar surface area (TPSA) is 32.3 Å². The van der Waals surface area contributed by atoms with E-state index in [0.717, 1.165) is 38.4 Å². The van der Waals surface area contributed by atoms with Gasteiger partial charge in [0.1, 0.15) is 0 Å². The van der Waals surface area contributed by atoms with Gasteiger partial charge < -0.3 is 10.2 Å². The second-order valence-corrected chi connectivity index (χ2v) is 5.04. The number of amides is 1. The zero-order valence-corrected chi connectivity index (χ0v) is 9.67. The van der Waals surface area contributed by atoms with Gasteiger partial charge in [0.2, 0.25) is 5.91 Å². The van der Waals surface area contributed by atoms with Gasteiger partial charge in [0.05, 0.1) is 5.92 Å². The lowest BCUT2D eigenvalue weighted by atomic mass is 9.98. The Bertz CT molecular complexity index is 220. The molecule has 1 saturated heterocycles. The van der Waals surface area contributed by atoms with E-state index in [-0.39, 0.29) is 5.92 Å². The lowest BCUT2D eigenvalue weighted by Crippen LogP contribution is -2.41. The Kier molecular flexibility index (Phi) is 3.62. The summed E-state index contributed by atoms with van der Waals surface area (Å²) < 4.78 is 0. The van der Waals surface area contributed by atoms with E-state index >= 15 is 0 Å². The van der Waals surface area contributed by atoms with Crippen LogP contribution in [0.2, 0.25) is 0 Å². The molecule has 15 heavy (non-hydrogen) atoms. The second kappa shape index (κ2) is 4.97. The van der Waals surface area contributed by atoms with Crippen molar-refractivity contribution in [2.75, 3.05) is 26.7 Å². The first kappa shape index (κ1) is 10.9. The van der Waals surface area contributed by atoms with Crippen LogP contribution in [-0.2, 0) is 4.79 Å². The average molecular weight is 210 g/mol. The van der Waals surface area contributed by atoms with Gasteiger partial charge >= 0.3 is 0 Å². The molecule has 0 bridgehead atoms. The van der Waals surface area contributed by atoms with Crippen LogP contribution in [0.1, 0.15) is 32.1 Å². The predicted octanol–water partition coefficient (Wildman–Crippen LogP) is 1.24. The molecule has 2 fully saturated rings. The Balaban J connectivity index is 1.71. The van der Waals surface area contributed by atoms with Gasteiger partial charge in [-0.1, -0.05) is 12.8 Å². The molecule has 0 aromatic heterocycles. The molecule has 2 aliphatic rings. The van der Waals surface area contributed by atoms with Crippen molar-refractivity contribution < 1.29 is 4.79 Å². The minimum absolute atomic E-state index is 0.239. The van der Waals surface area contributed by atoms with Gasteiger partial charge in [0.15, 0.2) is 0 Å². The summed E-state index contributed by atoms with van der Waals surface area (Å²) in [6.07, 6.45) is 6.19. The zero-order valence-electron chi connectivity index (χ0n) is 9.67. The molecule has 1 aliphatic heterocycles. The molecule has 0 spiro atoms. The monoisotopic (exact) mass is 210 g/mol. The fourth-order valence-corrected chi connectivity index (χ4v) is 2.27. The van der Waals surface area contributed by atoms with E-state index in [1.165, 1.54) is 19.3 Å². The Hall–Kier alpha value is -0.570. The predicted molar refractivity (Wildman–Crippen MR) is 60.6 cm³/mol. The van der Waals surface area contributed by atoms with Crippen LogP contribution in [0.3, 0.4) is 0 Å². The smallest absolute Gasteiger partial charge is 0.226 e. The summed E-state index contributed by atoms with van der Waals surface area (Å²) >= 11 is 0. The van der Waals surface area contributed by atoms with Crippen molar-refractivity contribution in [2.45, 2.75) is 32.1 Å². The van der Waals surface area contributed by atoms with Crippen LogP contribution in [0.15, 0.2) is 0 Å². The first-order valence-electron chi connectivity index (χ1n) is 6.23. The molecule has 1 aliphatic carbocycles. The van der Waals surface area contributed by atoms with Crippen LogP contribution in [0, 0.1) is 11.8 Å². The van der Waals surface area contributed by atoms with Crippen LogP contribution >= 0.6 is 0 Å². The second-order valence-electron chi connectivity index (χ2n) is 5.04. The highest BCUT2D eigenvalue weighted by atomic mass is 16.2. The van der Waals surface area contributed by atoms with E-state index in [1.807, 2.05) is 11.9 Å². The third-order valence-electron chi connectivity index (χ3n) is 3.59. The Morgan fingerprint density at radius 1 is 1.40 bits per heavy atom. The molecule has 1 heterocycles. The van der Waals surface area contributed by atoms with Crippen LogP contribution in [0.5, 0.6) is 0 Å². The first-order chi connectivity index (χ1) is 7.27. The summed E-state index contributed by atoms with van der Waals surface area (Å²) in [5, 5.41) is 3.30. The Morgan fingerprint density at radius 2 is 2.20 bits per heavy atom. The Morgan fingerprint density at radius 3 is 2.80 bits per heavy atom. The molecule has 0 radical (unpaired) electrons. The van der Waals surface area contributed by atoms with Crippen LogP contribution < -0.4 is 5.32 Å². The number of nitrogens with zero attached hydrogens (tertiary/aromatic N) is 1. The maximum absolute atomic E-state index is 12.0. The van der Waals surface area contributed by atoms with Crippen molar-refractivity contribution in [1.82, 2.24) is 10.2 Å². The minimum Gasteiger partial charge on any atom is -0.345 e. The number of hydrogen-bond acceptors (Lipinski definition) is 2. The zero-order chi connectivity index (χ0) is 10.7. The lowest BCUT2D eigenvalue weighted by Gasteiger charge is -2.27. The molecule has 86 valence electrons. The standard InChI is InChI=1S/C12H22N2O/c1-14(8-6-10-4-5-10)12(15)11-3-2-7-13-9-11/h10-11,13H,2-9H2,1H3. The lowest BCUT2D eigenvalue weighted by molar-refractivity contribution is -0.134. The highest BCUT2D eigenvalue weighted by molar-refractivity contribution is 5.78. The van der Waals surface area contributed by atoms with E-state index in [2.05, 4.69) is 5.32 Å². The fourth-order valence-electron chi connectivity index (χ4n) is 2.27. The van der Waals surface area contributed by atoms with Gasteiger partial charge in [-0.25, -0.2) is 0 Å². The van der Waals surface area contributed by atoms with Gasteiger partial charge in [0.25, 0.3) is 0 Å². The molecule has 0 aromatic carbocycles. The largest absolute Gasteiger partial charge is 0.345 e. The van der Waals surface area contributed by atoms with E-state index in [4.69, 9.17) is 0 Å². The quantitative estimate of drug-likeness (QED) is 0.757. The molecule has 1 unspecified atom stereocenters. The van der Waals surface area contributed by atoms with Crippen LogP contribution in [0.25, 0.3) is 0 Å². The summed E-state index contributed by atoms with van der Waals surface area (Å²) in [5.41, 5.74) is 0. The van der Waals surface area contributed by atoms with Crippen molar-refractivity contribution in [3.8, 4) is 0 Å². The first-order valence-corrected chi connectivity index (χ1v) is 6.23. The SMILES string of the molecule is CN(CCC1CC1)C(=O)C1CCCNC1. The minimum atomic E-state index is 0.239. The number of nitrogens with one attached hydrogen (secondary N) is 1. The van der Waals surface area contributed by atoms with Crippen molar-refractivity contribution in [3.63, 3.8) is 0 Å². The van der Waals surface area contributed by atoms with Gasteiger partial charge in [0, 0.05) is 20.1 Å². The maximum Gasteiger partial charge on any atom is 0.226 e. The van der Waals surface area contributed by atoms with Crippen molar-refractivity contribution >= 4 is 5.91 Å². The van der Waals surface area contributed by atoms with Crippen LogP contribution in [0.4, 0.5) is 0 Å². The molecule has 2 rings (SSSR count). The van der Waals surface area contributed by atoms with E-state index in [1.54, 1.807) is 0 Å². The third-order valence-corrected chi connectivity index (χ3v) is 3.59. The van der Waals surface area contributed by atoms with Crippen LogP contribution in [-0.4, -0.2) is 37.5 Å². The maximum atomic E-state index is 12.0. The fraction of sp³-hybridized carbons (Fsp3) is 0.917. The molecule has 3 nitrogen and oxygen atoms in total. The Labute approximate surface area is 92.2 Å². The number of hydrogen-bond donors (Lipinski definition) is 1. The average Bonchev–Trinajstić information content (AvgIpc) is 3.10. The highest BCUT2D eigenvalue weighted by Gasteiger charge is 2.26. The third kappa shape index (κ3) is 3.20. The number of piperidine rings is 1.